The average Bonchev–Trinajstić information content (AvgIpc) is 2.32. The van der Waals surface area contributed by atoms with Crippen LogP contribution in [-0.2, 0) is 4.74 Å². The van der Waals surface area contributed by atoms with Gasteiger partial charge in [0, 0.05) is 26.1 Å². The van der Waals surface area contributed by atoms with Crippen LogP contribution in [-0.4, -0.2) is 23.4 Å². The van der Waals surface area contributed by atoms with Gasteiger partial charge in [-0.3, -0.25) is 0 Å². The second-order valence-electron chi connectivity index (χ2n) is 4.83. The van der Waals surface area contributed by atoms with Crippen LogP contribution in [0.4, 0.5) is 0 Å². The van der Waals surface area contributed by atoms with Crippen molar-refractivity contribution < 1.29 is 14.9 Å². The molecule has 0 saturated heterocycles. The van der Waals surface area contributed by atoms with E-state index in [4.69, 9.17) is 14.9 Å². The normalized spacial score (nSPS) is 14.1. The number of allylic oxidation sites excluding steroid dienone is 2. The van der Waals surface area contributed by atoms with Crippen molar-refractivity contribution >= 4 is 0 Å². The van der Waals surface area contributed by atoms with E-state index in [-0.39, 0.29) is 25.0 Å². The van der Waals surface area contributed by atoms with Gasteiger partial charge in [0.1, 0.15) is 0 Å². The SMILES string of the molecule is C=C(CCC(C)CO)OC(=C)CCC(C)CO. The molecule has 0 aliphatic rings. The van der Waals surface area contributed by atoms with Gasteiger partial charge in [-0.1, -0.05) is 27.0 Å². The van der Waals surface area contributed by atoms with Gasteiger partial charge in [0.2, 0.25) is 0 Å². The smallest absolute Gasteiger partial charge is 0.0964 e. The summed E-state index contributed by atoms with van der Waals surface area (Å²) in [5.41, 5.74) is 0. The van der Waals surface area contributed by atoms with Crippen LogP contribution in [0.3, 0.4) is 0 Å². The van der Waals surface area contributed by atoms with Gasteiger partial charge in [-0.2, -0.15) is 0 Å². The predicted molar refractivity (Wildman–Crippen MR) is 70.3 cm³/mol. The van der Waals surface area contributed by atoms with Gasteiger partial charge in [-0.05, 0) is 24.7 Å². The first-order chi connectivity index (χ1) is 7.99. The molecule has 0 radical (unpaired) electrons. The van der Waals surface area contributed by atoms with Crippen LogP contribution in [0.15, 0.2) is 24.7 Å². The van der Waals surface area contributed by atoms with Crippen molar-refractivity contribution in [2.45, 2.75) is 39.5 Å². The number of hydrogen-bond acceptors (Lipinski definition) is 3. The van der Waals surface area contributed by atoms with Gasteiger partial charge in [0.25, 0.3) is 0 Å². The van der Waals surface area contributed by atoms with Crippen molar-refractivity contribution in [3.8, 4) is 0 Å². The van der Waals surface area contributed by atoms with Crippen LogP contribution in [0, 0.1) is 11.8 Å². The first-order valence-corrected chi connectivity index (χ1v) is 6.24. The van der Waals surface area contributed by atoms with Gasteiger partial charge in [0.15, 0.2) is 0 Å². The molecule has 0 spiro atoms. The summed E-state index contributed by atoms with van der Waals surface area (Å²) in [5, 5.41) is 17.8. The van der Waals surface area contributed by atoms with Crippen molar-refractivity contribution in [3.05, 3.63) is 24.7 Å². The van der Waals surface area contributed by atoms with Gasteiger partial charge in [0.05, 0.1) is 11.5 Å². The van der Waals surface area contributed by atoms with E-state index in [1.165, 1.54) is 0 Å². The lowest BCUT2D eigenvalue weighted by Gasteiger charge is -2.14. The highest BCUT2D eigenvalue weighted by Gasteiger charge is 2.06. The fourth-order valence-corrected chi connectivity index (χ4v) is 1.30. The third kappa shape index (κ3) is 8.95. The van der Waals surface area contributed by atoms with Gasteiger partial charge >= 0.3 is 0 Å². The molecule has 0 fully saturated rings. The standard InChI is InChI=1S/C14H26O3/c1-11(9-15)5-7-13(3)17-14(4)8-6-12(2)10-16/h11-12,15-16H,3-10H2,1-2H3. The summed E-state index contributed by atoms with van der Waals surface area (Å²) in [4.78, 5) is 0. The van der Waals surface area contributed by atoms with Crippen LogP contribution >= 0.6 is 0 Å². The number of aliphatic hydroxyl groups is 2. The first kappa shape index (κ1) is 16.2. The lowest BCUT2D eigenvalue weighted by atomic mass is 10.1. The summed E-state index contributed by atoms with van der Waals surface area (Å²) in [6, 6.07) is 0. The Balaban J connectivity index is 3.69. The van der Waals surface area contributed by atoms with E-state index >= 15 is 0 Å². The molecule has 0 saturated carbocycles. The molecule has 3 nitrogen and oxygen atoms in total. The largest absolute Gasteiger partial charge is 0.467 e. The molecule has 0 aromatic heterocycles. The Morgan fingerprint density at radius 2 is 1.29 bits per heavy atom. The lowest BCUT2D eigenvalue weighted by molar-refractivity contribution is 0.209. The summed E-state index contributed by atoms with van der Waals surface area (Å²) in [7, 11) is 0. The summed E-state index contributed by atoms with van der Waals surface area (Å²) in [6.45, 7) is 12.0. The van der Waals surface area contributed by atoms with Crippen molar-refractivity contribution in [2.75, 3.05) is 13.2 Å². The number of ether oxygens (including phenoxy) is 1. The molecule has 100 valence electrons. The maximum atomic E-state index is 8.89. The Labute approximate surface area is 105 Å². The lowest BCUT2D eigenvalue weighted by Crippen LogP contribution is -2.03. The Kier molecular flexibility index (Phi) is 8.82. The summed E-state index contributed by atoms with van der Waals surface area (Å²) >= 11 is 0. The highest BCUT2D eigenvalue weighted by molar-refractivity contribution is 4.93. The van der Waals surface area contributed by atoms with Crippen molar-refractivity contribution in [2.24, 2.45) is 11.8 Å². The molecule has 0 bridgehead atoms. The zero-order valence-electron chi connectivity index (χ0n) is 11.1. The van der Waals surface area contributed by atoms with Crippen molar-refractivity contribution in [1.82, 2.24) is 0 Å². The monoisotopic (exact) mass is 242 g/mol. The molecule has 0 aromatic rings. The molecular weight excluding hydrogens is 216 g/mol. The van der Waals surface area contributed by atoms with Crippen LogP contribution in [0.25, 0.3) is 0 Å². The second-order valence-corrected chi connectivity index (χ2v) is 4.83. The van der Waals surface area contributed by atoms with Crippen LogP contribution < -0.4 is 0 Å². The van der Waals surface area contributed by atoms with E-state index in [0.29, 0.717) is 11.5 Å². The molecule has 2 atom stereocenters. The van der Waals surface area contributed by atoms with Gasteiger partial charge in [-0.25, -0.2) is 0 Å². The molecule has 2 N–H and O–H groups in total. The van der Waals surface area contributed by atoms with Crippen LogP contribution in [0.5, 0.6) is 0 Å². The average molecular weight is 242 g/mol. The van der Waals surface area contributed by atoms with E-state index in [2.05, 4.69) is 13.2 Å². The van der Waals surface area contributed by atoms with E-state index in [1.807, 2.05) is 13.8 Å². The Morgan fingerprint density at radius 1 is 0.941 bits per heavy atom. The van der Waals surface area contributed by atoms with E-state index in [9.17, 15) is 0 Å². The topological polar surface area (TPSA) is 49.7 Å². The number of rotatable bonds is 10. The third-order valence-corrected chi connectivity index (χ3v) is 2.74. The summed E-state index contributed by atoms with van der Waals surface area (Å²) < 4.78 is 5.49. The van der Waals surface area contributed by atoms with Gasteiger partial charge < -0.3 is 14.9 Å². The van der Waals surface area contributed by atoms with E-state index in [1.54, 1.807) is 0 Å². The molecule has 2 unspecified atom stereocenters. The fraction of sp³-hybridized carbons (Fsp3) is 0.714. The van der Waals surface area contributed by atoms with Crippen molar-refractivity contribution in [3.63, 3.8) is 0 Å². The molecule has 0 rings (SSSR count). The molecule has 0 heterocycles. The summed E-state index contributed by atoms with van der Waals surface area (Å²) in [5.74, 6) is 1.95. The highest BCUT2D eigenvalue weighted by atomic mass is 16.5. The van der Waals surface area contributed by atoms with Crippen LogP contribution in [0.1, 0.15) is 39.5 Å². The molecule has 0 aliphatic heterocycles. The minimum Gasteiger partial charge on any atom is -0.467 e. The molecule has 0 aliphatic carbocycles. The quantitative estimate of drug-likeness (QED) is 0.579. The van der Waals surface area contributed by atoms with Crippen LogP contribution in [0.2, 0.25) is 0 Å². The maximum absolute atomic E-state index is 8.89. The third-order valence-electron chi connectivity index (χ3n) is 2.74. The Hall–Kier alpha value is -0.800. The maximum Gasteiger partial charge on any atom is 0.0964 e. The van der Waals surface area contributed by atoms with Crippen molar-refractivity contribution in [1.29, 1.82) is 0 Å². The molecule has 3 heteroatoms. The van der Waals surface area contributed by atoms with E-state index < -0.39 is 0 Å². The second kappa shape index (κ2) is 9.25. The molecule has 17 heavy (non-hydrogen) atoms. The highest BCUT2D eigenvalue weighted by Crippen LogP contribution is 2.17. The number of hydrogen-bond donors (Lipinski definition) is 2. The summed E-state index contributed by atoms with van der Waals surface area (Å²) in [6.07, 6.45) is 3.23. The Bertz CT molecular complexity index is 212. The van der Waals surface area contributed by atoms with E-state index in [0.717, 1.165) is 25.7 Å². The molecule has 0 aromatic carbocycles. The first-order valence-electron chi connectivity index (χ1n) is 6.24. The zero-order chi connectivity index (χ0) is 13.3. The Morgan fingerprint density at radius 3 is 1.59 bits per heavy atom. The minimum atomic E-state index is 0.197. The molecular formula is C14H26O3. The molecule has 0 amide bonds. The number of aliphatic hydroxyl groups excluding tert-OH is 2. The van der Waals surface area contributed by atoms with Gasteiger partial charge in [-0.15, -0.1) is 0 Å². The fourth-order valence-electron chi connectivity index (χ4n) is 1.30. The zero-order valence-corrected chi connectivity index (χ0v) is 11.1. The predicted octanol–water partition coefficient (Wildman–Crippen LogP) is 2.85. The minimum absolute atomic E-state index is 0.197.